The van der Waals surface area contributed by atoms with Gasteiger partial charge in [-0.1, -0.05) is 18.2 Å². The van der Waals surface area contributed by atoms with Gasteiger partial charge in [-0.15, -0.1) is 0 Å². The van der Waals surface area contributed by atoms with Gasteiger partial charge in [-0.2, -0.15) is 14.0 Å². The van der Waals surface area contributed by atoms with Gasteiger partial charge >= 0.3 is 6.55 Å². The van der Waals surface area contributed by atoms with Crippen molar-refractivity contribution in [2.24, 2.45) is 0 Å². The molecule has 0 N–H and O–H groups in total. The second-order valence-corrected chi connectivity index (χ2v) is 2.86. The zero-order chi connectivity index (χ0) is 10.1. The molecule has 0 amide bonds. The van der Waals surface area contributed by atoms with Gasteiger partial charge in [-0.05, 0) is 6.07 Å². The van der Waals surface area contributed by atoms with Crippen LogP contribution in [-0.4, -0.2) is 4.57 Å². The Morgan fingerprint density at radius 2 is 2.00 bits per heavy atom. The lowest BCUT2D eigenvalue weighted by Crippen LogP contribution is -1.94. The van der Waals surface area contributed by atoms with E-state index in [9.17, 15) is 8.78 Å². The predicted octanol–water partition coefficient (Wildman–Crippen LogP) is 2.91. The smallest absolute Gasteiger partial charge is 0.290 e. The number of hydrogen-bond acceptors (Lipinski definition) is 1. The van der Waals surface area contributed by atoms with Gasteiger partial charge in [0.2, 0.25) is 0 Å². The monoisotopic (exact) mass is 192 g/mol. The number of halogens is 2. The van der Waals surface area contributed by atoms with E-state index in [1.807, 2.05) is 6.07 Å². The zero-order valence-electron chi connectivity index (χ0n) is 7.11. The highest BCUT2D eigenvalue weighted by atomic mass is 19.3. The molecule has 0 aliphatic heterocycles. The van der Waals surface area contributed by atoms with E-state index in [2.05, 4.69) is 0 Å². The molecule has 0 atom stereocenters. The molecule has 0 bridgehead atoms. The van der Waals surface area contributed by atoms with E-state index in [0.717, 1.165) is 4.57 Å². The maximum atomic E-state index is 12.5. The molecule has 0 unspecified atom stereocenters. The van der Waals surface area contributed by atoms with Gasteiger partial charge in [0.05, 0.1) is 11.1 Å². The van der Waals surface area contributed by atoms with E-state index in [1.54, 1.807) is 24.3 Å². The summed E-state index contributed by atoms with van der Waals surface area (Å²) in [6, 6.07) is 8.51. The van der Waals surface area contributed by atoms with Crippen molar-refractivity contribution in [1.82, 2.24) is 4.57 Å². The Labute approximate surface area is 79.0 Å². The third-order valence-corrected chi connectivity index (χ3v) is 2.07. The van der Waals surface area contributed by atoms with Crippen molar-refractivity contribution in [2.45, 2.75) is 6.55 Å². The number of rotatable bonds is 1. The lowest BCUT2D eigenvalue weighted by atomic mass is 10.2. The fourth-order valence-electron chi connectivity index (χ4n) is 1.46. The molecule has 70 valence electrons. The second-order valence-electron chi connectivity index (χ2n) is 2.86. The number of aromatic nitrogens is 1. The van der Waals surface area contributed by atoms with Crippen LogP contribution in [0.5, 0.6) is 0 Å². The molecule has 0 fully saturated rings. The number of alkyl halides is 2. The van der Waals surface area contributed by atoms with Gasteiger partial charge in [-0.3, -0.25) is 4.57 Å². The van der Waals surface area contributed by atoms with Gasteiger partial charge in [0.25, 0.3) is 0 Å². The molecule has 4 heteroatoms. The standard InChI is InChI=1S/C10H6F2N2/c11-10(12)14-6-7(5-13)8-3-1-2-4-9(8)14/h1-4,6,10H. The molecule has 0 aliphatic rings. The van der Waals surface area contributed by atoms with Crippen molar-refractivity contribution >= 4 is 10.9 Å². The molecule has 0 spiro atoms. The molecule has 0 radical (unpaired) electrons. The third kappa shape index (κ3) is 1.14. The third-order valence-electron chi connectivity index (χ3n) is 2.07. The number of benzene rings is 1. The van der Waals surface area contributed by atoms with E-state index in [1.165, 1.54) is 6.20 Å². The van der Waals surface area contributed by atoms with Crippen LogP contribution in [0.4, 0.5) is 8.78 Å². The molecule has 0 saturated heterocycles. The quantitative estimate of drug-likeness (QED) is 0.682. The molecule has 0 saturated carbocycles. The first-order valence-electron chi connectivity index (χ1n) is 4.02. The summed E-state index contributed by atoms with van der Waals surface area (Å²) in [7, 11) is 0. The van der Waals surface area contributed by atoms with E-state index in [-0.39, 0.29) is 5.56 Å². The van der Waals surface area contributed by atoms with E-state index in [4.69, 9.17) is 5.26 Å². The van der Waals surface area contributed by atoms with Crippen molar-refractivity contribution in [3.8, 4) is 6.07 Å². The first-order valence-corrected chi connectivity index (χ1v) is 4.02. The van der Waals surface area contributed by atoms with Gasteiger partial charge in [-0.25, -0.2) is 0 Å². The summed E-state index contributed by atoms with van der Waals surface area (Å²) in [5, 5.41) is 9.29. The second kappa shape index (κ2) is 3.11. The Hall–Kier alpha value is -1.89. The lowest BCUT2D eigenvalue weighted by Gasteiger charge is -2.01. The highest BCUT2D eigenvalue weighted by Gasteiger charge is 2.12. The average molecular weight is 192 g/mol. The zero-order valence-corrected chi connectivity index (χ0v) is 7.11. The fourth-order valence-corrected chi connectivity index (χ4v) is 1.46. The highest BCUT2D eigenvalue weighted by Crippen LogP contribution is 2.25. The van der Waals surface area contributed by atoms with Crippen molar-refractivity contribution in [3.05, 3.63) is 36.0 Å². The highest BCUT2D eigenvalue weighted by molar-refractivity contribution is 5.86. The molecular weight excluding hydrogens is 186 g/mol. The molecule has 0 aliphatic carbocycles. The topological polar surface area (TPSA) is 28.7 Å². The number of fused-ring (bicyclic) bond motifs is 1. The average Bonchev–Trinajstić information content (AvgIpc) is 2.56. The van der Waals surface area contributed by atoms with Crippen LogP contribution >= 0.6 is 0 Å². The van der Waals surface area contributed by atoms with Gasteiger partial charge < -0.3 is 0 Å². The Kier molecular flexibility index (Phi) is 1.93. The Balaban J connectivity index is 2.82. The minimum Gasteiger partial charge on any atom is -0.290 e. The van der Waals surface area contributed by atoms with Crippen LogP contribution in [-0.2, 0) is 0 Å². The minimum absolute atomic E-state index is 0.279. The lowest BCUT2D eigenvalue weighted by molar-refractivity contribution is 0.0752. The van der Waals surface area contributed by atoms with Crippen LogP contribution in [0.2, 0.25) is 0 Å². The van der Waals surface area contributed by atoms with E-state index >= 15 is 0 Å². The van der Waals surface area contributed by atoms with Crippen LogP contribution in [0.25, 0.3) is 10.9 Å². The first-order chi connectivity index (χ1) is 6.74. The van der Waals surface area contributed by atoms with Crippen molar-refractivity contribution in [3.63, 3.8) is 0 Å². The molecule has 1 aromatic heterocycles. The van der Waals surface area contributed by atoms with Crippen LogP contribution < -0.4 is 0 Å². The maximum absolute atomic E-state index is 12.5. The van der Waals surface area contributed by atoms with Crippen LogP contribution in [0, 0.1) is 11.3 Å². The number of nitriles is 1. The summed E-state index contributed by atoms with van der Waals surface area (Å²) in [6.45, 7) is -2.61. The number of hydrogen-bond donors (Lipinski definition) is 0. The summed E-state index contributed by atoms with van der Waals surface area (Å²) in [5.41, 5.74) is 0.667. The van der Waals surface area contributed by atoms with Crippen LogP contribution in [0.3, 0.4) is 0 Å². The molecule has 2 rings (SSSR count). The van der Waals surface area contributed by atoms with Gasteiger partial charge in [0.1, 0.15) is 6.07 Å². The van der Waals surface area contributed by atoms with Crippen LogP contribution in [0.1, 0.15) is 12.1 Å². The van der Waals surface area contributed by atoms with Gasteiger partial charge in [0.15, 0.2) is 0 Å². The van der Waals surface area contributed by atoms with Crippen LogP contribution in [0.15, 0.2) is 30.5 Å². The first kappa shape index (κ1) is 8.70. The number of nitrogens with zero attached hydrogens (tertiary/aromatic N) is 2. The van der Waals surface area contributed by atoms with Gasteiger partial charge in [0, 0.05) is 11.6 Å². The molecule has 2 aromatic rings. The minimum atomic E-state index is -2.61. The molecule has 2 nitrogen and oxygen atoms in total. The summed E-state index contributed by atoms with van der Waals surface area (Å²) in [6.07, 6.45) is 1.18. The summed E-state index contributed by atoms with van der Waals surface area (Å²) >= 11 is 0. The van der Waals surface area contributed by atoms with Crippen molar-refractivity contribution < 1.29 is 8.78 Å². The maximum Gasteiger partial charge on any atom is 0.319 e. The summed E-state index contributed by atoms with van der Waals surface area (Å²) < 4.78 is 25.8. The SMILES string of the molecule is N#Cc1cn(C(F)F)c2ccccc12. The number of para-hydroxylation sites is 1. The predicted molar refractivity (Wildman–Crippen MR) is 47.9 cm³/mol. The van der Waals surface area contributed by atoms with Crippen molar-refractivity contribution in [1.29, 1.82) is 5.26 Å². The molecular formula is C10H6F2N2. The molecule has 1 aromatic carbocycles. The van der Waals surface area contributed by atoms with E-state index < -0.39 is 6.55 Å². The summed E-state index contributed by atoms with van der Waals surface area (Å²) in [5.74, 6) is 0. The Morgan fingerprint density at radius 3 is 2.64 bits per heavy atom. The molecule has 14 heavy (non-hydrogen) atoms. The fraction of sp³-hybridized carbons (Fsp3) is 0.100. The normalized spacial score (nSPS) is 10.7. The van der Waals surface area contributed by atoms with E-state index in [0.29, 0.717) is 10.9 Å². The Morgan fingerprint density at radius 1 is 1.29 bits per heavy atom. The Bertz CT molecular complexity index is 508. The summed E-state index contributed by atoms with van der Waals surface area (Å²) in [4.78, 5) is 0. The molecule has 1 heterocycles. The largest absolute Gasteiger partial charge is 0.319 e. The van der Waals surface area contributed by atoms with Crippen molar-refractivity contribution in [2.75, 3.05) is 0 Å².